The predicted molar refractivity (Wildman–Crippen MR) is 68.9 cm³/mol. The van der Waals surface area contributed by atoms with Crippen molar-refractivity contribution in [2.75, 3.05) is 18.6 Å². The Labute approximate surface area is 114 Å². The molecule has 110 valence electrons. The van der Waals surface area contributed by atoms with Gasteiger partial charge in [0, 0.05) is 34.2 Å². The van der Waals surface area contributed by atoms with Gasteiger partial charge >= 0.3 is 11.7 Å². The SMILES string of the molecule is COC1CC(C(=O)O)N(c2nn(C)c(=O)n(C)c2=O)C1. The minimum atomic E-state index is -1.05. The number of aromatic nitrogens is 3. The van der Waals surface area contributed by atoms with Crippen LogP contribution in [0.25, 0.3) is 0 Å². The van der Waals surface area contributed by atoms with Gasteiger partial charge in [0.1, 0.15) is 6.04 Å². The van der Waals surface area contributed by atoms with E-state index in [0.717, 1.165) is 9.25 Å². The minimum absolute atomic E-state index is 0.0541. The number of ether oxygens (including phenoxy) is 1. The zero-order valence-electron chi connectivity index (χ0n) is 11.4. The lowest BCUT2D eigenvalue weighted by Crippen LogP contribution is -2.46. The van der Waals surface area contributed by atoms with Crippen molar-refractivity contribution < 1.29 is 14.6 Å². The average Bonchev–Trinajstić information content (AvgIpc) is 2.84. The Balaban J connectivity index is 2.53. The van der Waals surface area contributed by atoms with Crippen LogP contribution in [0.1, 0.15) is 6.42 Å². The zero-order chi connectivity index (χ0) is 15.0. The van der Waals surface area contributed by atoms with Crippen molar-refractivity contribution in [2.45, 2.75) is 18.6 Å². The molecule has 1 aromatic rings. The Morgan fingerprint density at radius 3 is 2.60 bits per heavy atom. The van der Waals surface area contributed by atoms with Gasteiger partial charge in [0.25, 0.3) is 5.56 Å². The highest BCUT2D eigenvalue weighted by molar-refractivity contribution is 5.78. The molecule has 1 aliphatic rings. The minimum Gasteiger partial charge on any atom is -0.480 e. The summed E-state index contributed by atoms with van der Waals surface area (Å²) in [5.41, 5.74) is -1.18. The van der Waals surface area contributed by atoms with Gasteiger partial charge in [-0.1, -0.05) is 0 Å². The van der Waals surface area contributed by atoms with Crippen LogP contribution in [-0.4, -0.2) is 51.2 Å². The maximum atomic E-state index is 12.1. The Bertz CT molecular complexity index is 649. The number of anilines is 1. The summed E-state index contributed by atoms with van der Waals surface area (Å²) in [6.45, 7) is 0.244. The lowest BCUT2D eigenvalue weighted by atomic mass is 10.2. The van der Waals surface area contributed by atoms with E-state index in [4.69, 9.17) is 4.74 Å². The number of carboxylic acid groups (broad SMARTS) is 1. The summed E-state index contributed by atoms with van der Waals surface area (Å²) in [7, 11) is 4.22. The third-order valence-corrected chi connectivity index (χ3v) is 3.46. The van der Waals surface area contributed by atoms with Crippen molar-refractivity contribution in [1.29, 1.82) is 0 Å². The van der Waals surface area contributed by atoms with E-state index in [1.54, 1.807) is 0 Å². The van der Waals surface area contributed by atoms with Crippen molar-refractivity contribution in [3.05, 3.63) is 20.8 Å². The molecule has 1 fully saturated rings. The number of rotatable bonds is 3. The number of carbonyl (C=O) groups is 1. The number of carboxylic acids is 1. The van der Waals surface area contributed by atoms with E-state index < -0.39 is 23.3 Å². The third-order valence-electron chi connectivity index (χ3n) is 3.46. The summed E-state index contributed by atoms with van der Waals surface area (Å²) in [5.74, 6) is -1.11. The van der Waals surface area contributed by atoms with Crippen LogP contribution in [0.3, 0.4) is 0 Å². The van der Waals surface area contributed by atoms with Gasteiger partial charge in [-0.05, 0) is 0 Å². The molecule has 2 atom stereocenters. The van der Waals surface area contributed by atoms with Gasteiger partial charge in [-0.15, -0.1) is 5.10 Å². The molecule has 2 heterocycles. The van der Waals surface area contributed by atoms with Crippen LogP contribution in [0.5, 0.6) is 0 Å². The molecule has 1 N–H and O–H groups in total. The van der Waals surface area contributed by atoms with Crippen LogP contribution in [0, 0.1) is 0 Å². The van der Waals surface area contributed by atoms with Crippen molar-refractivity contribution >= 4 is 11.8 Å². The number of methoxy groups -OCH3 is 1. The number of hydrogen-bond acceptors (Lipinski definition) is 6. The standard InChI is InChI=1S/C11H16N4O5/c1-13-9(16)8(12-14(2)11(13)19)15-5-6(20-3)4-7(15)10(17)18/h6-7H,4-5H2,1-3H3,(H,17,18). The van der Waals surface area contributed by atoms with Crippen molar-refractivity contribution in [1.82, 2.24) is 14.3 Å². The summed E-state index contributed by atoms with van der Waals surface area (Å²) >= 11 is 0. The fourth-order valence-electron chi connectivity index (χ4n) is 2.30. The van der Waals surface area contributed by atoms with Crippen molar-refractivity contribution in [2.24, 2.45) is 14.1 Å². The number of hydrogen-bond donors (Lipinski definition) is 1. The van der Waals surface area contributed by atoms with Crippen LogP contribution in [0.2, 0.25) is 0 Å². The van der Waals surface area contributed by atoms with Gasteiger partial charge in [0.15, 0.2) is 0 Å². The molecule has 9 nitrogen and oxygen atoms in total. The van der Waals surface area contributed by atoms with Crippen molar-refractivity contribution in [3.63, 3.8) is 0 Å². The summed E-state index contributed by atoms with van der Waals surface area (Å²) < 4.78 is 7.07. The summed E-state index contributed by atoms with van der Waals surface area (Å²) in [4.78, 5) is 36.4. The van der Waals surface area contributed by atoms with E-state index in [1.807, 2.05) is 0 Å². The van der Waals surface area contributed by atoms with E-state index in [1.165, 1.54) is 26.1 Å². The Kier molecular flexibility index (Phi) is 3.62. The second-order valence-corrected chi connectivity index (χ2v) is 4.69. The van der Waals surface area contributed by atoms with Gasteiger partial charge in [0.2, 0.25) is 5.82 Å². The number of aliphatic carboxylic acids is 1. The van der Waals surface area contributed by atoms with Gasteiger partial charge in [-0.25, -0.2) is 14.3 Å². The van der Waals surface area contributed by atoms with Crippen LogP contribution in [0.15, 0.2) is 9.59 Å². The average molecular weight is 284 g/mol. The fourth-order valence-corrected chi connectivity index (χ4v) is 2.30. The van der Waals surface area contributed by atoms with Crippen LogP contribution in [-0.2, 0) is 23.6 Å². The molecule has 2 unspecified atom stereocenters. The molecule has 0 amide bonds. The van der Waals surface area contributed by atoms with Crippen molar-refractivity contribution in [3.8, 4) is 0 Å². The highest BCUT2D eigenvalue weighted by atomic mass is 16.5. The Hall–Kier alpha value is -2.16. The van der Waals surface area contributed by atoms with Gasteiger partial charge in [0.05, 0.1) is 6.10 Å². The van der Waals surface area contributed by atoms with E-state index in [-0.39, 0.29) is 24.9 Å². The molecule has 9 heteroatoms. The van der Waals surface area contributed by atoms with E-state index >= 15 is 0 Å². The fraction of sp³-hybridized carbons (Fsp3) is 0.636. The largest absolute Gasteiger partial charge is 0.480 e. The van der Waals surface area contributed by atoms with E-state index in [2.05, 4.69) is 5.10 Å². The van der Waals surface area contributed by atoms with Gasteiger partial charge < -0.3 is 14.7 Å². The molecule has 0 aliphatic carbocycles. The molecule has 20 heavy (non-hydrogen) atoms. The molecular weight excluding hydrogens is 268 g/mol. The molecule has 0 saturated carbocycles. The summed E-state index contributed by atoms with van der Waals surface area (Å²) in [5, 5.41) is 13.1. The first-order chi connectivity index (χ1) is 9.36. The van der Waals surface area contributed by atoms with E-state index in [9.17, 15) is 19.5 Å². The third kappa shape index (κ3) is 2.20. The maximum Gasteiger partial charge on any atom is 0.346 e. The number of nitrogens with zero attached hydrogens (tertiary/aromatic N) is 4. The summed E-state index contributed by atoms with van der Waals surface area (Å²) in [6.07, 6.45) is -0.0284. The molecule has 0 spiro atoms. The summed E-state index contributed by atoms with van der Waals surface area (Å²) in [6, 6.07) is -0.891. The highest BCUT2D eigenvalue weighted by Crippen LogP contribution is 2.23. The molecule has 0 aromatic carbocycles. The number of aryl methyl sites for hydroxylation is 1. The molecular formula is C11H16N4O5. The zero-order valence-corrected chi connectivity index (χ0v) is 11.4. The first kappa shape index (κ1) is 14.3. The highest BCUT2D eigenvalue weighted by Gasteiger charge is 2.39. The lowest BCUT2D eigenvalue weighted by Gasteiger charge is -2.21. The van der Waals surface area contributed by atoms with Crippen LogP contribution >= 0.6 is 0 Å². The van der Waals surface area contributed by atoms with Gasteiger partial charge in [-0.3, -0.25) is 9.36 Å². The maximum absolute atomic E-state index is 12.1. The van der Waals surface area contributed by atoms with E-state index in [0.29, 0.717) is 0 Å². The molecule has 1 aliphatic heterocycles. The Morgan fingerprint density at radius 2 is 2.05 bits per heavy atom. The Morgan fingerprint density at radius 1 is 1.40 bits per heavy atom. The molecule has 1 saturated heterocycles. The smallest absolute Gasteiger partial charge is 0.346 e. The monoisotopic (exact) mass is 284 g/mol. The normalized spacial score (nSPS) is 22.2. The molecule has 1 aromatic heterocycles. The first-order valence-electron chi connectivity index (χ1n) is 6.03. The predicted octanol–water partition coefficient (Wildman–Crippen LogP) is -1.84. The topological polar surface area (TPSA) is 107 Å². The van der Waals surface area contributed by atoms with Gasteiger partial charge in [-0.2, -0.15) is 0 Å². The molecule has 2 rings (SSSR count). The second kappa shape index (κ2) is 5.08. The quantitative estimate of drug-likeness (QED) is 0.694. The second-order valence-electron chi connectivity index (χ2n) is 4.69. The molecule has 0 radical (unpaired) electrons. The molecule has 0 bridgehead atoms. The van der Waals surface area contributed by atoms with Crippen LogP contribution in [0.4, 0.5) is 5.82 Å². The van der Waals surface area contributed by atoms with Crippen LogP contribution < -0.4 is 16.1 Å². The lowest BCUT2D eigenvalue weighted by molar-refractivity contribution is -0.138. The first-order valence-corrected chi connectivity index (χ1v) is 6.03.